The van der Waals surface area contributed by atoms with Crippen molar-refractivity contribution in [2.24, 2.45) is 0 Å². The highest BCUT2D eigenvalue weighted by molar-refractivity contribution is 7.91. The Morgan fingerprint density at radius 1 is 1.03 bits per heavy atom. The highest BCUT2D eigenvalue weighted by atomic mass is 32.2. The van der Waals surface area contributed by atoms with Gasteiger partial charge in [-0.3, -0.25) is 9.69 Å². The molecule has 0 unspecified atom stereocenters. The van der Waals surface area contributed by atoms with E-state index >= 15 is 0 Å². The molecule has 7 heteroatoms. The average molecular weight is 431 g/mol. The molecule has 2 heterocycles. The van der Waals surface area contributed by atoms with Gasteiger partial charge in [0.15, 0.2) is 9.84 Å². The average Bonchev–Trinajstić information content (AvgIpc) is 3.02. The van der Waals surface area contributed by atoms with Gasteiger partial charge in [-0.15, -0.1) is 0 Å². The van der Waals surface area contributed by atoms with Crippen molar-refractivity contribution in [2.75, 3.05) is 29.5 Å². The minimum atomic E-state index is -3.25. The van der Waals surface area contributed by atoms with Crippen molar-refractivity contribution in [1.82, 2.24) is 4.90 Å². The number of rotatable bonds is 5. The molecular weight excluding hydrogens is 403 g/mol. The SMILES string of the molecule is CC(C)c1ccc(N2C(=O)CN(CCc3ccccc3F)[C@H]3CS(=O)(=O)C[C@H]32)cc1. The van der Waals surface area contributed by atoms with Crippen molar-refractivity contribution >= 4 is 21.4 Å². The maximum absolute atomic E-state index is 14.0. The third-order valence-corrected chi connectivity index (χ3v) is 7.86. The van der Waals surface area contributed by atoms with Crippen LogP contribution in [0.3, 0.4) is 0 Å². The summed E-state index contributed by atoms with van der Waals surface area (Å²) in [7, 11) is -3.25. The summed E-state index contributed by atoms with van der Waals surface area (Å²) in [5, 5.41) is 0. The maximum Gasteiger partial charge on any atom is 0.241 e. The number of carbonyl (C=O) groups excluding carboxylic acids is 1. The first-order valence-electron chi connectivity index (χ1n) is 10.3. The Hall–Kier alpha value is -2.25. The van der Waals surface area contributed by atoms with Crippen LogP contribution in [0.2, 0.25) is 0 Å². The molecule has 0 aliphatic carbocycles. The highest BCUT2D eigenvalue weighted by Gasteiger charge is 2.49. The Morgan fingerprint density at radius 2 is 1.70 bits per heavy atom. The van der Waals surface area contributed by atoms with E-state index in [1.165, 1.54) is 11.6 Å². The summed E-state index contributed by atoms with van der Waals surface area (Å²) in [6.07, 6.45) is 0.437. The van der Waals surface area contributed by atoms with Gasteiger partial charge in [0.1, 0.15) is 5.82 Å². The molecule has 0 N–H and O–H groups in total. The molecule has 2 atom stereocenters. The predicted molar refractivity (Wildman–Crippen MR) is 116 cm³/mol. The summed E-state index contributed by atoms with van der Waals surface area (Å²) < 4.78 is 38.9. The van der Waals surface area contributed by atoms with Gasteiger partial charge in [-0.25, -0.2) is 12.8 Å². The van der Waals surface area contributed by atoms with Crippen LogP contribution in [0.5, 0.6) is 0 Å². The van der Waals surface area contributed by atoms with E-state index in [2.05, 4.69) is 13.8 Å². The monoisotopic (exact) mass is 430 g/mol. The number of hydrogen-bond acceptors (Lipinski definition) is 4. The van der Waals surface area contributed by atoms with Gasteiger partial charge in [0, 0.05) is 18.3 Å². The van der Waals surface area contributed by atoms with Crippen molar-refractivity contribution in [2.45, 2.75) is 38.3 Å². The van der Waals surface area contributed by atoms with Gasteiger partial charge >= 0.3 is 0 Å². The van der Waals surface area contributed by atoms with E-state index < -0.39 is 15.9 Å². The molecule has 160 valence electrons. The smallest absolute Gasteiger partial charge is 0.241 e. The molecule has 0 saturated carbocycles. The first-order valence-corrected chi connectivity index (χ1v) is 12.2. The zero-order chi connectivity index (χ0) is 21.5. The summed E-state index contributed by atoms with van der Waals surface area (Å²) in [6.45, 7) is 4.79. The molecule has 2 fully saturated rings. The Labute approximate surface area is 177 Å². The Bertz CT molecular complexity index is 1040. The van der Waals surface area contributed by atoms with E-state index in [1.807, 2.05) is 29.2 Å². The molecule has 4 rings (SSSR count). The molecule has 0 spiro atoms. The lowest BCUT2D eigenvalue weighted by Crippen LogP contribution is -2.62. The number of sulfone groups is 1. The molecule has 2 aliphatic heterocycles. The lowest BCUT2D eigenvalue weighted by atomic mass is 10.00. The van der Waals surface area contributed by atoms with Crippen LogP contribution in [-0.2, 0) is 21.1 Å². The fourth-order valence-electron chi connectivity index (χ4n) is 4.52. The van der Waals surface area contributed by atoms with Gasteiger partial charge in [0.25, 0.3) is 0 Å². The summed E-state index contributed by atoms with van der Waals surface area (Å²) >= 11 is 0. The fourth-order valence-corrected chi connectivity index (χ4v) is 6.50. The van der Waals surface area contributed by atoms with Crippen molar-refractivity contribution in [1.29, 1.82) is 0 Å². The summed E-state index contributed by atoms with van der Waals surface area (Å²) in [5.41, 5.74) is 2.49. The number of fused-ring (bicyclic) bond motifs is 1. The lowest BCUT2D eigenvalue weighted by molar-refractivity contribution is -0.123. The number of benzene rings is 2. The quantitative estimate of drug-likeness (QED) is 0.732. The zero-order valence-corrected chi connectivity index (χ0v) is 18.1. The number of nitrogens with zero attached hydrogens (tertiary/aromatic N) is 2. The minimum absolute atomic E-state index is 0.0306. The first-order chi connectivity index (χ1) is 14.2. The highest BCUT2D eigenvalue weighted by Crippen LogP contribution is 2.32. The van der Waals surface area contributed by atoms with Crippen LogP contribution >= 0.6 is 0 Å². The van der Waals surface area contributed by atoms with Crippen LogP contribution < -0.4 is 4.90 Å². The number of carbonyl (C=O) groups is 1. The number of anilines is 1. The summed E-state index contributed by atoms with van der Waals surface area (Å²) in [4.78, 5) is 16.7. The van der Waals surface area contributed by atoms with Crippen LogP contribution in [-0.4, -0.2) is 55.9 Å². The summed E-state index contributed by atoms with van der Waals surface area (Å²) in [5.74, 6) is -0.0130. The predicted octanol–water partition coefficient (Wildman–Crippen LogP) is 3.01. The Morgan fingerprint density at radius 3 is 2.37 bits per heavy atom. The minimum Gasteiger partial charge on any atom is -0.306 e. The lowest BCUT2D eigenvalue weighted by Gasteiger charge is -2.43. The number of hydrogen-bond donors (Lipinski definition) is 0. The molecule has 2 saturated heterocycles. The van der Waals surface area contributed by atoms with Gasteiger partial charge in [-0.1, -0.05) is 44.2 Å². The number of amides is 1. The molecule has 0 radical (unpaired) electrons. The molecule has 0 aromatic heterocycles. The molecule has 0 bridgehead atoms. The third-order valence-electron chi connectivity index (χ3n) is 6.17. The van der Waals surface area contributed by atoms with Crippen LogP contribution in [0.15, 0.2) is 48.5 Å². The molecule has 1 amide bonds. The molecule has 30 heavy (non-hydrogen) atoms. The second-order valence-electron chi connectivity index (χ2n) is 8.53. The Balaban J connectivity index is 1.58. The fraction of sp³-hybridized carbons (Fsp3) is 0.435. The van der Waals surface area contributed by atoms with Crippen LogP contribution in [0.4, 0.5) is 10.1 Å². The van der Waals surface area contributed by atoms with E-state index in [0.29, 0.717) is 24.4 Å². The van der Waals surface area contributed by atoms with Crippen molar-refractivity contribution in [3.63, 3.8) is 0 Å². The maximum atomic E-state index is 14.0. The van der Waals surface area contributed by atoms with Crippen molar-refractivity contribution < 1.29 is 17.6 Å². The second-order valence-corrected chi connectivity index (χ2v) is 10.7. The van der Waals surface area contributed by atoms with Gasteiger partial charge in [0.05, 0.1) is 24.1 Å². The standard InChI is InChI=1S/C23H27FN2O3S/c1-16(2)17-7-9-19(10-8-17)26-22-15-30(28,29)14-21(22)25(13-23(26)27)12-11-18-5-3-4-6-20(18)24/h3-10,16,21-22H,11-15H2,1-2H3/t21-,22+/m0/s1. The van der Waals surface area contributed by atoms with Gasteiger partial charge < -0.3 is 4.90 Å². The van der Waals surface area contributed by atoms with E-state index in [-0.39, 0.29) is 35.8 Å². The van der Waals surface area contributed by atoms with Crippen LogP contribution in [0.1, 0.15) is 30.9 Å². The van der Waals surface area contributed by atoms with Gasteiger partial charge in [-0.2, -0.15) is 0 Å². The zero-order valence-electron chi connectivity index (χ0n) is 17.3. The van der Waals surface area contributed by atoms with E-state index in [0.717, 1.165) is 5.69 Å². The molecule has 5 nitrogen and oxygen atoms in total. The first kappa shape index (κ1) is 21.0. The van der Waals surface area contributed by atoms with Gasteiger partial charge in [-0.05, 0) is 41.7 Å². The summed E-state index contributed by atoms with van der Waals surface area (Å²) in [6, 6.07) is 13.7. The van der Waals surface area contributed by atoms with Crippen molar-refractivity contribution in [3.05, 3.63) is 65.5 Å². The van der Waals surface area contributed by atoms with E-state index in [9.17, 15) is 17.6 Å². The number of piperazine rings is 1. The van der Waals surface area contributed by atoms with Crippen LogP contribution in [0, 0.1) is 5.82 Å². The van der Waals surface area contributed by atoms with Crippen molar-refractivity contribution in [3.8, 4) is 0 Å². The molecule has 2 aromatic rings. The Kier molecular flexibility index (Phi) is 5.68. The molecule has 2 aliphatic rings. The van der Waals surface area contributed by atoms with E-state index in [1.54, 1.807) is 23.1 Å². The second kappa shape index (κ2) is 8.12. The third kappa shape index (κ3) is 4.14. The van der Waals surface area contributed by atoms with Crippen LogP contribution in [0.25, 0.3) is 0 Å². The number of halogens is 1. The van der Waals surface area contributed by atoms with Gasteiger partial charge in [0.2, 0.25) is 5.91 Å². The topological polar surface area (TPSA) is 57.7 Å². The molecular formula is C23H27FN2O3S. The normalized spacial score (nSPS) is 23.7. The molecule has 2 aromatic carbocycles. The van der Waals surface area contributed by atoms with E-state index in [4.69, 9.17) is 0 Å². The largest absolute Gasteiger partial charge is 0.306 e.